The van der Waals surface area contributed by atoms with Crippen LogP contribution in [0.1, 0.15) is 52.8 Å². The number of hydrogen-bond acceptors (Lipinski definition) is 3. The zero-order valence-electron chi connectivity index (χ0n) is 15.6. The third-order valence-corrected chi connectivity index (χ3v) is 6.03. The van der Waals surface area contributed by atoms with E-state index in [4.69, 9.17) is 5.11 Å². The topological polar surface area (TPSA) is 70.5 Å². The largest absolute Gasteiger partial charge is 0.478 e. The highest BCUT2D eigenvalue weighted by Crippen LogP contribution is 2.36. The van der Waals surface area contributed by atoms with Crippen molar-refractivity contribution in [2.45, 2.75) is 32.1 Å². The lowest BCUT2D eigenvalue weighted by Crippen LogP contribution is -2.44. The lowest BCUT2D eigenvalue weighted by atomic mass is 9.75. The number of halogens is 1. The minimum Gasteiger partial charge on any atom is -0.478 e. The van der Waals surface area contributed by atoms with E-state index in [2.05, 4.69) is 4.98 Å². The molecule has 2 fully saturated rings. The monoisotopic (exact) mass is 382 g/mol. The minimum atomic E-state index is -1.07. The van der Waals surface area contributed by atoms with Gasteiger partial charge < -0.3 is 10.0 Å². The Bertz CT molecular complexity index is 897. The van der Waals surface area contributed by atoms with Gasteiger partial charge in [0, 0.05) is 30.4 Å². The van der Waals surface area contributed by atoms with Gasteiger partial charge in [0.25, 0.3) is 5.91 Å². The lowest BCUT2D eigenvalue weighted by Gasteiger charge is -2.41. The molecule has 2 heterocycles. The van der Waals surface area contributed by atoms with Gasteiger partial charge in [-0.3, -0.25) is 9.78 Å². The quantitative estimate of drug-likeness (QED) is 0.862. The number of aromatic nitrogens is 1. The number of amides is 1. The number of piperidine rings is 1. The second kappa shape index (κ2) is 7.70. The van der Waals surface area contributed by atoms with Crippen molar-refractivity contribution in [3.05, 3.63) is 53.5 Å². The summed E-state index contributed by atoms with van der Waals surface area (Å²) in [6, 6.07) is 7.17. The van der Waals surface area contributed by atoms with Gasteiger partial charge in [0.2, 0.25) is 0 Å². The number of carbonyl (C=O) groups is 2. The summed E-state index contributed by atoms with van der Waals surface area (Å²) in [6.45, 7) is 1.47. The molecule has 0 bridgehead atoms. The van der Waals surface area contributed by atoms with Gasteiger partial charge in [-0.1, -0.05) is 19.3 Å². The van der Waals surface area contributed by atoms with Crippen molar-refractivity contribution in [3.8, 4) is 11.3 Å². The van der Waals surface area contributed by atoms with Crippen molar-refractivity contribution in [2.24, 2.45) is 11.8 Å². The highest BCUT2D eigenvalue weighted by Gasteiger charge is 2.33. The first-order valence-corrected chi connectivity index (χ1v) is 9.81. The van der Waals surface area contributed by atoms with E-state index in [9.17, 15) is 14.0 Å². The van der Waals surface area contributed by atoms with Gasteiger partial charge in [0.15, 0.2) is 0 Å². The smallest absolute Gasteiger partial charge is 0.337 e. The standard InChI is InChI=1S/C22H23FN2O3/c23-19-10-17(20-6-5-15(12-24-20)22(27)28)9-18(11-19)21(26)25-8-7-14-3-1-2-4-16(14)13-25/h5-6,9-12,14,16H,1-4,7-8,13H2,(H,27,28)/t14-,16-/m0/s1. The van der Waals surface area contributed by atoms with E-state index in [0.717, 1.165) is 25.4 Å². The molecule has 0 radical (unpaired) electrons. The molecule has 5 nitrogen and oxygen atoms in total. The van der Waals surface area contributed by atoms with Crippen molar-refractivity contribution in [3.63, 3.8) is 0 Å². The Labute approximate surface area is 163 Å². The number of nitrogens with zero attached hydrogens (tertiary/aromatic N) is 2. The Hall–Kier alpha value is -2.76. The number of fused-ring (bicyclic) bond motifs is 1. The number of carbonyl (C=O) groups excluding carboxylic acids is 1. The molecule has 0 unspecified atom stereocenters. The number of pyridine rings is 1. The number of rotatable bonds is 3. The summed E-state index contributed by atoms with van der Waals surface area (Å²) in [4.78, 5) is 29.9. The van der Waals surface area contributed by atoms with E-state index in [-0.39, 0.29) is 11.5 Å². The first-order valence-electron chi connectivity index (χ1n) is 9.81. The van der Waals surface area contributed by atoms with Gasteiger partial charge in [0.1, 0.15) is 5.82 Å². The SMILES string of the molecule is O=C(O)c1ccc(-c2cc(F)cc(C(=O)N3CC[C@@H]4CCCC[C@H]4C3)c2)nc1. The van der Waals surface area contributed by atoms with Crippen LogP contribution in [0.15, 0.2) is 36.5 Å². The molecule has 28 heavy (non-hydrogen) atoms. The van der Waals surface area contributed by atoms with Gasteiger partial charge in [-0.05, 0) is 55.0 Å². The Morgan fingerprint density at radius 3 is 2.54 bits per heavy atom. The zero-order chi connectivity index (χ0) is 19.7. The van der Waals surface area contributed by atoms with E-state index < -0.39 is 11.8 Å². The molecule has 1 aliphatic heterocycles. The Morgan fingerprint density at radius 1 is 1.04 bits per heavy atom. The summed E-state index contributed by atoms with van der Waals surface area (Å²) in [5.41, 5.74) is 1.28. The van der Waals surface area contributed by atoms with Crippen LogP contribution in [0, 0.1) is 17.7 Å². The van der Waals surface area contributed by atoms with Gasteiger partial charge in [-0.2, -0.15) is 0 Å². The van der Waals surface area contributed by atoms with Crippen molar-refractivity contribution in [1.82, 2.24) is 9.88 Å². The molecule has 4 rings (SSSR count). The maximum Gasteiger partial charge on any atom is 0.337 e. The Morgan fingerprint density at radius 2 is 1.82 bits per heavy atom. The number of benzene rings is 1. The molecular weight excluding hydrogens is 359 g/mol. The maximum atomic E-state index is 14.2. The fourth-order valence-corrected chi connectivity index (χ4v) is 4.52. The molecule has 6 heteroatoms. The molecule has 1 saturated heterocycles. The van der Waals surface area contributed by atoms with Gasteiger partial charge >= 0.3 is 5.97 Å². The lowest BCUT2D eigenvalue weighted by molar-refractivity contribution is 0.0520. The van der Waals surface area contributed by atoms with E-state index >= 15 is 0 Å². The van der Waals surface area contributed by atoms with Crippen LogP contribution in [0.5, 0.6) is 0 Å². The molecule has 2 atom stereocenters. The predicted molar refractivity (Wildman–Crippen MR) is 103 cm³/mol. The zero-order valence-corrected chi connectivity index (χ0v) is 15.6. The van der Waals surface area contributed by atoms with Crippen LogP contribution in [0.25, 0.3) is 11.3 Å². The molecule has 0 spiro atoms. The van der Waals surface area contributed by atoms with E-state index in [1.807, 2.05) is 4.90 Å². The number of carboxylic acids is 1. The van der Waals surface area contributed by atoms with E-state index in [1.165, 1.54) is 56.1 Å². The van der Waals surface area contributed by atoms with Crippen molar-refractivity contribution in [2.75, 3.05) is 13.1 Å². The van der Waals surface area contributed by atoms with E-state index in [0.29, 0.717) is 22.7 Å². The van der Waals surface area contributed by atoms with Crippen LogP contribution in [-0.2, 0) is 0 Å². The molecule has 1 aromatic heterocycles. The predicted octanol–water partition coefficient (Wildman–Crippen LogP) is 4.24. The molecule has 2 aromatic rings. The second-order valence-electron chi connectivity index (χ2n) is 7.81. The van der Waals surface area contributed by atoms with Crippen LogP contribution in [0.3, 0.4) is 0 Å². The van der Waals surface area contributed by atoms with Crippen molar-refractivity contribution < 1.29 is 19.1 Å². The molecule has 1 saturated carbocycles. The minimum absolute atomic E-state index is 0.0619. The first kappa shape index (κ1) is 18.6. The molecule has 1 N–H and O–H groups in total. The summed E-state index contributed by atoms with van der Waals surface area (Å²) < 4.78 is 14.2. The van der Waals surface area contributed by atoms with Crippen LogP contribution >= 0.6 is 0 Å². The summed E-state index contributed by atoms with van der Waals surface area (Å²) in [5.74, 6) is -0.438. The van der Waals surface area contributed by atoms with E-state index in [1.54, 1.807) is 6.07 Å². The highest BCUT2D eigenvalue weighted by molar-refractivity contribution is 5.95. The number of likely N-dealkylation sites (tertiary alicyclic amines) is 1. The highest BCUT2D eigenvalue weighted by atomic mass is 19.1. The summed E-state index contributed by atoms with van der Waals surface area (Å²) in [5, 5.41) is 8.98. The fraction of sp³-hybridized carbons (Fsp3) is 0.409. The first-order chi connectivity index (χ1) is 13.5. The van der Waals surface area contributed by atoms with Crippen LogP contribution < -0.4 is 0 Å². The van der Waals surface area contributed by atoms with Crippen molar-refractivity contribution >= 4 is 11.9 Å². The van der Waals surface area contributed by atoms with Gasteiger partial charge in [-0.15, -0.1) is 0 Å². The van der Waals surface area contributed by atoms with Crippen LogP contribution in [0.2, 0.25) is 0 Å². The molecule has 2 aliphatic rings. The van der Waals surface area contributed by atoms with Crippen molar-refractivity contribution in [1.29, 1.82) is 0 Å². The molecule has 1 aromatic carbocycles. The average Bonchev–Trinajstić information content (AvgIpc) is 2.72. The summed E-state index contributed by atoms with van der Waals surface area (Å²) in [7, 11) is 0. The number of hydrogen-bond donors (Lipinski definition) is 1. The second-order valence-corrected chi connectivity index (χ2v) is 7.81. The van der Waals surface area contributed by atoms with Gasteiger partial charge in [0.05, 0.1) is 11.3 Å². The van der Waals surface area contributed by atoms with Crippen LogP contribution in [-0.4, -0.2) is 40.0 Å². The Kier molecular flexibility index (Phi) is 5.11. The average molecular weight is 382 g/mol. The molecule has 1 amide bonds. The summed E-state index contributed by atoms with van der Waals surface area (Å²) in [6.07, 6.45) is 7.20. The Balaban J connectivity index is 1.56. The third-order valence-electron chi connectivity index (χ3n) is 6.03. The molecular formula is C22H23FN2O3. The summed E-state index contributed by atoms with van der Waals surface area (Å²) >= 11 is 0. The molecule has 146 valence electrons. The van der Waals surface area contributed by atoms with Gasteiger partial charge in [-0.25, -0.2) is 9.18 Å². The third kappa shape index (κ3) is 3.77. The number of aromatic carboxylic acids is 1. The maximum absolute atomic E-state index is 14.2. The normalized spacial score (nSPS) is 21.8. The van der Waals surface area contributed by atoms with Crippen LogP contribution in [0.4, 0.5) is 4.39 Å². The fourth-order valence-electron chi connectivity index (χ4n) is 4.52. The molecule has 1 aliphatic carbocycles. The number of carboxylic acid groups (broad SMARTS) is 1.